The number of ether oxygens (including phenoxy) is 4. The van der Waals surface area contributed by atoms with Gasteiger partial charge >= 0.3 is 29.2 Å². The number of nitrogens with two attached hydrogens (primary N) is 1. The number of carbonyl (C=O) groups excluding carboxylic acids is 2. The molecule has 8 N–H and O–H groups in total. The van der Waals surface area contributed by atoms with Crippen molar-refractivity contribution in [2.45, 2.75) is 50.7 Å². The lowest BCUT2D eigenvalue weighted by Crippen LogP contribution is -2.32. The van der Waals surface area contributed by atoms with Crippen molar-refractivity contribution >= 4 is 41.1 Å². The summed E-state index contributed by atoms with van der Waals surface area (Å²) in [5.74, 6) is 5.26. The summed E-state index contributed by atoms with van der Waals surface area (Å²) in [7, 11) is -16.6. The Bertz CT molecular complexity index is 2080. The second kappa shape index (κ2) is 21.7. The minimum atomic E-state index is -5.70. The standard InChI is InChI=1S/C30H41N8O17P3/c31-28-22(16-38(30(41)35-28)27-10-9-24(53-27)17-52-57(45,46)55-58(47,48)54-56(42,43)44)7-3-11-33-25(39)18-49-12-13-50-26(36-37-32)19-51-23-8-2-6-21(14-23)29(40)34-15-20-4-1-5-20/h2,6,8,14,16,20,24,26-27H,1,4-5,9-13,15,17-19H2,(H,33,39)(H,34,40)(H,45,46)(H,47,48)(H2,31,35,41)(H2,42,43,44)/t24-,26?,27+/m0/s1. The Labute approximate surface area is 329 Å². The van der Waals surface area contributed by atoms with E-state index in [1.54, 1.807) is 24.3 Å². The topological polar surface area (TPSA) is 365 Å². The number of nitrogens with one attached hydrogen (secondary N) is 2. The zero-order valence-corrected chi connectivity index (χ0v) is 33.1. The van der Waals surface area contributed by atoms with Crippen LogP contribution >= 0.6 is 23.5 Å². The van der Waals surface area contributed by atoms with Gasteiger partial charge in [-0.25, -0.2) is 18.5 Å². The van der Waals surface area contributed by atoms with E-state index in [9.17, 15) is 37.9 Å². The second-order valence-electron chi connectivity index (χ2n) is 12.4. The number of nitrogens with zero attached hydrogens (tertiary/aromatic N) is 5. The maximum absolute atomic E-state index is 12.5. The molecule has 2 heterocycles. The zero-order chi connectivity index (χ0) is 42.3. The Hall–Kier alpha value is -4.20. The van der Waals surface area contributed by atoms with Crippen LogP contribution in [0.4, 0.5) is 5.82 Å². The first-order chi connectivity index (χ1) is 27.4. The van der Waals surface area contributed by atoms with E-state index in [1.165, 1.54) is 12.6 Å². The molecule has 25 nitrogen and oxygen atoms in total. The van der Waals surface area contributed by atoms with Gasteiger partial charge in [0.25, 0.3) is 5.91 Å². The Morgan fingerprint density at radius 1 is 1.10 bits per heavy atom. The molecule has 3 unspecified atom stereocenters. The van der Waals surface area contributed by atoms with Crippen LogP contribution < -0.4 is 26.8 Å². The normalized spacial score (nSPS) is 19.2. The van der Waals surface area contributed by atoms with Crippen LogP contribution in [0.15, 0.2) is 40.4 Å². The quantitative estimate of drug-likeness (QED) is 0.0220. The van der Waals surface area contributed by atoms with Crippen molar-refractivity contribution in [2.75, 3.05) is 51.9 Å². The summed E-state index contributed by atoms with van der Waals surface area (Å²) in [5.41, 5.74) is 14.4. The van der Waals surface area contributed by atoms with Gasteiger partial charge in [-0.15, -0.1) is 0 Å². The van der Waals surface area contributed by atoms with Crippen LogP contribution in [0.25, 0.3) is 10.4 Å². The average molecular weight is 879 g/mol. The summed E-state index contributed by atoms with van der Waals surface area (Å²) < 4.78 is 69.3. The lowest BCUT2D eigenvalue weighted by Gasteiger charge is -2.25. The van der Waals surface area contributed by atoms with Gasteiger partial charge < -0.3 is 54.9 Å². The molecule has 1 aromatic carbocycles. The molecule has 2 fully saturated rings. The molecule has 28 heteroatoms. The molecule has 2 aliphatic rings. The summed E-state index contributed by atoms with van der Waals surface area (Å²) in [6, 6.07) is 6.56. The van der Waals surface area contributed by atoms with Crippen LogP contribution in [0.5, 0.6) is 5.75 Å². The number of nitrogen functional groups attached to an aromatic ring is 1. The van der Waals surface area contributed by atoms with E-state index >= 15 is 0 Å². The fourth-order valence-electron chi connectivity index (χ4n) is 5.12. The molecule has 1 aliphatic heterocycles. The monoisotopic (exact) mass is 878 g/mol. The highest BCUT2D eigenvalue weighted by atomic mass is 31.3. The van der Waals surface area contributed by atoms with Gasteiger partial charge in [0.15, 0.2) is 6.23 Å². The molecule has 0 spiro atoms. The molecule has 1 saturated heterocycles. The van der Waals surface area contributed by atoms with Gasteiger partial charge in [-0.3, -0.25) is 18.7 Å². The van der Waals surface area contributed by atoms with Gasteiger partial charge in [-0.2, -0.15) is 13.6 Å². The van der Waals surface area contributed by atoms with Crippen molar-refractivity contribution in [3.8, 4) is 17.6 Å². The number of anilines is 1. The van der Waals surface area contributed by atoms with Crippen LogP contribution in [0, 0.1) is 17.8 Å². The second-order valence-corrected chi connectivity index (χ2v) is 16.8. The van der Waals surface area contributed by atoms with E-state index in [2.05, 4.69) is 50.6 Å². The van der Waals surface area contributed by atoms with Crippen molar-refractivity contribution in [3.63, 3.8) is 0 Å². The van der Waals surface area contributed by atoms with E-state index in [0.29, 0.717) is 23.8 Å². The predicted molar refractivity (Wildman–Crippen MR) is 197 cm³/mol. The fraction of sp³-hybridized carbons (Fsp3) is 0.533. The van der Waals surface area contributed by atoms with E-state index in [4.69, 9.17) is 40.0 Å². The number of hydrogen-bond acceptors (Lipinski definition) is 16. The molecule has 1 saturated carbocycles. The number of carbonyl (C=O) groups is 2. The number of azide groups is 1. The Morgan fingerprint density at radius 3 is 2.59 bits per heavy atom. The van der Waals surface area contributed by atoms with Gasteiger partial charge in [0.05, 0.1) is 38.0 Å². The highest BCUT2D eigenvalue weighted by molar-refractivity contribution is 7.66. The van der Waals surface area contributed by atoms with E-state index in [0.717, 1.165) is 17.4 Å². The molecular formula is C30H41N8O17P3. The molecule has 2 aromatic rings. The smallest absolute Gasteiger partial charge is 0.490 e. The molecular weight excluding hydrogens is 837 g/mol. The molecule has 318 valence electrons. The van der Waals surface area contributed by atoms with Crippen molar-refractivity contribution in [2.24, 2.45) is 11.0 Å². The lowest BCUT2D eigenvalue weighted by atomic mass is 9.85. The highest BCUT2D eigenvalue weighted by Crippen LogP contribution is 2.66. The zero-order valence-electron chi connectivity index (χ0n) is 30.4. The van der Waals surface area contributed by atoms with Crippen molar-refractivity contribution in [3.05, 3.63) is 62.5 Å². The SMILES string of the molecule is [N-]=[N+]=NC(COc1cccc(C(=O)NCC2CCC2)c1)OCCOCC(=O)NCC#Cc1cn([C@H]2CC[C@@H](COP(=O)(O)OP(=O)(O)OP(=O)(O)O)O2)c(=O)nc1N. The third-order valence-corrected chi connectivity index (χ3v) is 11.8. The van der Waals surface area contributed by atoms with Crippen LogP contribution in [0.2, 0.25) is 0 Å². The van der Waals surface area contributed by atoms with Gasteiger partial charge in [-0.05, 0) is 55.3 Å². The summed E-state index contributed by atoms with van der Waals surface area (Å²) in [4.78, 5) is 79.8. The van der Waals surface area contributed by atoms with Crippen LogP contribution in [-0.2, 0) is 45.8 Å². The molecule has 0 radical (unpaired) electrons. The van der Waals surface area contributed by atoms with Gasteiger partial charge in [0, 0.05) is 23.2 Å². The Morgan fingerprint density at radius 2 is 1.88 bits per heavy atom. The molecule has 1 aromatic heterocycles. The number of aromatic nitrogens is 2. The Balaban J connectivity index is 1.15. The maximum Gasteiger partial charge on any atom is 0.490 e. The number of amides is 2. The number of benzene rings is 1. The third kappa shape index (κ3) is 16.2. The molecule has 4 rings (SSSR count). The summed E-state index contributed by atoms with van der Waals surface area (Å²) in [6.07, 6.45) is 2.02. The maximum atomic E-state index is 12.5. The largest absolute Gasteiger partial charge is 0.491 e. The van der Waals surface area contributed by atoms with Crippen molar-refractivity contribution < 1.29 is 75.0 Å². The van der Waals surface area contributed by atoms with E-state index in [-0.39, 0.29) is 63.1 Å². The summed E-state index contributed by atoms with van der Waals surface area (Å²) >= 11 is 0. The van der Waals surface area contributed by atoms with Gasteiger partial charge in [0.2, 0.25) is 5.91 Å². The minimum Gasteiger partial charge on any atom is -0.491 e. The number of rotatable bonds is 22. The van der Waals surface area contributed by atoms with Gasteiger partial charge in [0.1, 0.15) is 31.0 Å². The molecule has 2 amide bonds. The van der Waals surface area contributed by atoms with Gasteiger partial charge in [-0.1, -0.05) is 29.4 Å². The fourth-order valence-corrected chi connectivity index (χ4v) is 8.17. The highest BCUT2D eigenvalue weighted by Gasteiger charge is 2.41. The van der Waals surface area contributed by atoms with Crippen molar-refractivity contribution in [1.82, 2.24) is 20.2 Å². The summed E-state index contributed by atoms with van der Waals surface area (Å²) in [5, 5.41) is 8.96. The van der Waals surface area contributed by atoms with Crippen LogP contribution in [0.1, 0.15) is 54.3 Å². The van der Waals surface area contributed by atoms with E-state index in [1.807, 2.05) is 0 Å². The van der Waals surface area contributed by atoms with E-state index < -0.39 is 60.2 Å². The first-order valence-electron chi connectivity index (χ1n) is 17.2. The molecule has 1 aliphatic carbocycles. The predicted octanol–water partition coefficient (Wildman–Crippen LogP) is 1.59. The number of phosphoric acid groups is 3. The van der Waals surface area contributed by atoms with Crippen LogP contribution in [0.3, 0.4) is 0 Å². The number of phosphoric ester groups is 1. The van der Waals surface area contributed by atoms with Crippen molar-refractivity contribution in [1.29, 1.82) is 0 Å². The van der Waals surface area contributed by atoms with Crippen LogP contribution in [-0.4, -0.2) is 99.4 Å². The first kappa shape index (κ1) is 46.5. The average Bonchev–Trinajstić information content (AvgIpc) is 3.59. The molecule has 5 atom stereocenters. The third-order valence-electron chi connectivity index (χ3n) is 8.03. The number of hydrogen-bond donors (Lipinski definition) is 7. The minimum absolute atomic E-state index is 0.0423. The molecule has 58 heavy (non-hydrogen) atoms. The first-order valence-corrected chi connectivity index (χ1v) is 21.8. The summed E-state index contributed by atoms with van der Waals surface area (Å²) in [6.45, 7) is -0.836. The molecule has 0 bridgehead atoms. The lowest BCUT2D eigenvalue weighted by molar-refractivity contribution is -0.126. The Kier molecular flexibility index (Phi) is 17.4.